The van der Waals surface area contributed by atoms with E-state index in [-0.39, 0.29) is 5.91 Å². The Morgan fingerprint density at radius 2 is 2.20 bits per heavy atom. The minimum absolute atomic E-state index is 0.0813. The van der Waals surface area contributed by atoms with E-state index in [2.05, 4.69) is 16.7 Å². The number of hydrogen-bond donors (Lipinski definition) is 2. The van der Waals surface area contributed by atoms with Crippen LogP contribution in [0.25, 0.3) is 0 Å². The third kappa shape index (κ3) is 3.59. The standard InChI is InChI=1S/C15H15N3OS/c1-10-3-4-13(6-15(10)18-11(2)19)17-8-14-5-12(7-16)9-20-14/h3-6,9,17H,8H2,1-2H3,(H,18,19). The van der Waals surface area contributed by atoms with Gasteiger partial charge in [-0.1, -0.05) is 6.07 Å². The average Bonchev–Trinajstić information content (AvgIpc) is 2.87. The highest BCUT2D eigenvalue weighted by molar-refractivity contribution is 7.10. The molecule has 1 aromatic heterocycles. The summed E-state index contributed by atoms with van der Waals surface area (Å²) in [5.41, 5.74) is 3.46. The van der Waals surface area contributed by atoms with Crippen LogP contribution in [-0.2, 0) is 11.3 Å². The summed E-state index contributed by atoms with van der Waals surface area (Å²) in [4.78, 5) is 12.2. The van der Waals surface area contributed by atoms with Crippen LogP contribution in [0.15, 0.2) is 29.6 Å². The number of nitriles is 1. The fraction of sp³-hybridized carbons (Fsp3) is 0.200. The molecule has 4 nitrogen and oxygen atoms in total. The van der Waals surface area contributed by atoms with E-state index in [1.165, 1.54) is 6.92 Å². The number of rotatable bonds is 4. The number of amides is 1. The topological polar surface area (TPSA) is 64.9 Å². The molecule has 102 valence electrons. The van der Waals surface area contributed by atoms with Crippen LogP contribution < -0.4 is 10.6 Å². The van der Waals surface area contributed by atoms with Crippen molar-refractivity contribution in [1.29, 1.82) is 5.26 Å². The number of nitrogens with zero attached hydrogens (tertiary/aromatic N) is 1. The predicted octanol–water partition coefficient (Wildman–Crippen LogP) is 3.50. The molecule has 1 aromatic carbocycles. The molecule has 2 N–H and O–H groups in total. The lowest BCUT2D eigenvalue weighted by Crippen LogP contribution is -2.08. The smallest absolute Gasteiger partial charge is 0.221 e. The van der Waals surface area contributed by atoms with Crippen molar-refractivity contribution >= 4 is 28.6 Å². The van der Waals surface area contributed by atoms with E-state index >= 15 is 0 Å². The van der Waals surface area contributed by atoms with Gasteiger partial charge in [0.1, 0.15) is 6.07 Å². The first-order valence-electron chi connectivity index (χ1n) is 6.18. The van der Waals surface area contributed by atoms with Gasteiger partial charge < -0.3 is 10.6 Å². The van der Waals surface area contributed by atoms with Crippen LogP contribution in [0.4, 0.5) is 11.4 Å². The Hall–Kier alpha value is -2.32. The molecule has 5 heteroatoms. The number of anilines is 2. The molecule has 0 bridgehead atoms. The molecule has 0 radical (unpaired) electrons. The second-order valence-corrected chi connectivity index (χ2v) is 5.47. The molecular formula is C15H15N3OS. The van der Waals surface area contributed by atoms with Crippen LogP contribution in [0, 0.1) is 18.3 Å². The quantitative estimate of drug-likeness (QED) is 0.903. The Kier molecular flexibility index (Phi) is 4.38. The van der Waals surface area contributed by atoms with Gasteiger partial charge in [0.15, 0.2) is 0 Å². The molecule has 0 saturated heterocycles. The zero-order chi connectivity index (χ0) is 14.5. The van der Waals surface area contributed by atoms with Crippen molar-refractivity contribution in [1.82, 2.24) is 0 Å². The number of carbonyl (C=O) groups excluding carboxylic acids is 1. The first-order chi connectivity index (χ1) is 9.58. The Labute approximate surface area is 122 Å². The van der Waals surface area contributed by atoms with Gasteiger partial charge in [0.25, 0.3) is 0 Å². The van der Waals surface area contributed by atoms with Crippen molar-refractivity contribution in [3.63, 3.8) is 0 Å². The monoisotopic (exact) mass is 285 g/mol. The largest absolute Gasteiger partial charge is 0.380 e. The summed E-state index contributed by atoms with van der Waals surface area (Å²) < 4.78 is 0. The van der Waals surface area contributed by atoms with Crippen molar-refractivity contribution in [3.05, 3.63) is 45.6 Å². The van der Waals surface area contributed by atoms with Gasteiger partial charge >= 0.3 is 0 Å². The molecule has 0 aliphatic rings. The molecule has 2 aromatic rings. The molecular weight excluding hydrogens is 270 g/mol. The van der Waals surface area contributed by atoms with Gasteiger partial charge in [-0.3, -0.25) is 4.79 Å². The zero-order valence-electron chi connectivity index (χ0n) is 11.4. The fourth-order valence-electron chi connectivity index (χ4n) is 1.78. The number of thiophene rings is 1. The van der Waals surface area contributed by atoms with Crippen LogP contribution in [0.3, 0.4) is 0 Å². The SMILES string of the molecule is CC(=O)Nc1cc(NCc2cc(C#N)cs2)ccc1C. The molecule has 0 unspecified atom stereocenters. The van der Waals surface area contributed by atoms with Gasteiger partial charge in [-0.25, -0.2) is 0 Å². The van der Waals surface area contributed by atoms with E-state index in [1.807, 2.05) is 36.6 Å². The van der Waals surface area contributed by atoms with Gasteiger partial charge in [-0.2, -0.15) is 5.26 Å². The Morgan fingerprint density at radius 1 is 1.40 bits per heavy atom. The van der Waals surface area contributed by atoms with Crippen molar-refractivity contribution in [2.45, 2.75) is 20.4 Å². The fourth-order valence-corrected chi connectivity index (χ4v) is 2.53. The molecule has 0 aliphatic heterocycles. The maximum Gasteiger partial charge on any atom is 0.221 e. The molecule has 0 atom stereocenters. The molecule has 0 saturated carbocycles. The molecule has 0 aliphatic carbocycles. The van der Waals surface area contributed by atoms with Gasteiger partial charge in [-0.15, -0.1) is 11.3 Å². The summed E-state index contributed by atoms with van der Waals surface area (Å²) >= 11 is 1.56. The molecule has 0 fully saturated rings. The van der Waals surface area contributed by atoms with E-state index in [9.17, 15) is 4.79 Å². The van der Waals surface area contributed by atoms with E-state index in [4.69, 9.17) is 5.26 Å². The molecule has 2 rings (SSSR count). The lowest BCUT2D eigenvalue weighted by Gasteiger charge is -2.10. The van der Waals surface area contributed by atoms with Crippen LogP contribution in [0.1, 0.15) is 22.9 Å². The Balaban J connectivity index is 2.06. The summed E-state index contributed by atoms with van der Waals surface area (Å²) in [5.74, 6) is -0.0813. The summed E-state index contributed by atoms with van der Waals surface area (Å²) in [7, 11) is 0. The zero-order valence-corrected chi connectivity index (χ0v) is 12.2. The lowest BCUT2D eigenvalue weighted by atomic mass is 10.1. The van der Waals surface area contributed by atoms with Gasteiger partial charge in [0.2, 0.25) is 5.91 Å². The highest BCUT2D eigenvalue weighted by Crippen LogP contribution is 2.22. The number of aryl methyl sites for hydroxylation is 1. The van der Waals surface area contributed by atoms with Crippen LogP contribution in [-0.4, -0.2) is 5.91 Å². The lowest BCUT2D eigenvalue weighted by molar-refractivity contribution is -0.114. The first kappa shape index (κ1) is 14.1. The van der Waals surface area contributed by atoms with E-state index in [0.29, 0.717) is 12.1 Å². The number of nitrogens with one attached hydrogen (secondary N) is 2. The van der Waals surface area contributed by atoms with Crippen molar-refractivity contribution < 1.29 is 4.79 Å². The van der Waals surface area contributed by atoms with Crippen molar-refractivity contribution in [3.8, 4) is 6.07 Å². The minimum atomic E-state index is -0.0813. The molecule has 0 spiro atoms. The number of benzene rings is 1. The van der Waals surface area contributed by atoms with Crippen molar-refractivity contribution in [2.75, 3.05) is 10.6 Å². The third-order valence-corrected chi connectivity index (χ3v) is 3.73. The summed E-state index contributed by atoms with van der Waals surface area (Å²) in [6.45, 7) is 4.11. The van der Waals surface area contributed by atoms with Gasteiger partial charge in [0, 0.05) is 35.1 Å². The van der Waals surface area contributed by atoms with Gasteiger partial charge in [0.05, 0.1) is 5.56 Å². The molecule has 1 heterocycles. The van der Waals surface area contributed by atoms with Crippen molar-refractivity contribution in [2.24, 2.45) is 0 Å². The predicted molar refractivity (Wildman–Crippen MR) is 81.8 cm³/mol. The van der Waals surface area contributed by atoms with Crippen LogP contribution in [0.2, 0.25) is 0 Å². The highest BCUT2D eigenvalue weighted by Gasteiger charge is 2.03. The van der Waals surface area contributed by atoms with E-state index in [1.54, 1.807) is 11.3 Å². The Morgan fingerprint density at radius 3 is 2.85 bits per heavy atom. The maximum absolute atomic E-state index is 11.1. The highest BCUT2D eigenvalue weighted by atomic mass is 32.1. The van der Waals surface area contributed by atoms with Gasteiger partial charge in [-0.05, 0) is 30.7 Å². The summed E-state index contributed by atoms with van der Waals surface area (Å²) in [5, 5.41) is 16.7. The van der Waals surface area contributed by atoms with Crippen LogP contribution >= 0.6 is 11.3 Å². The number of carbonyl (C=O) groups is 1. The normalized spacial score (nSPS) is 9.85. The Bertz CT molecular complexity index is 670. The third-order valence-electron chi connectivity index (χ3n) is 2.80. The average molecular weight is 285 g/mol. The minimum Gasteiger partial charge on any atom is -0.380 e. The molecule has 20 heavy (non-hydrogen) atoms. The number of hydrogen-bond acceptors (Lipinski definition) is 4. The van der Waals surface area contributed by atoms with Crippen LogP contribution in [0.5, 0.6) is 0 Å². The van der Waals surface area contributed by atoms with E-state index < -0.39 is 0 Å². The summed E-state index contributed by atoms with van der Waals surface area (Å²) in [6, 6.07) is 9.84. The molecule has 1 amide bonds. The second kappa shape index (κ2) is 6.22. The second-order valence-electron chi connectivity index (χ2n) is 4.48. The summed E-state index contributed by atoms with van der Waals surface area (Å²) in [6.07, 6.45) is 0. The maximum atomic E-state index is 11.1. The van der Waals surface area contributed by atoms with E-state index in [0.717, 1.165) is 21.8 Å². The first-order valence-corrected chi connectivity index (χ1v) is 7.06.